The lowest BCUT2D eigenvalue weighted by Gasteiger charge is -2.43. The molecule has 3 aliphatic rings. The van der Waals surface area contributed by atoms with Crippen LogP contribution in [0.3, 0.4) is 0 Å². The summed E-state index contributed by atoms with van der Waals surface area (Å²) >= 11 is 0. The number of carbonyl (C=O) groups is 1. The van der Waals surface area contributed by atoms with E-state index in [1.54, 1.807) is 6.07 Å². The van der Waals surface area contributed by atoms with Gasteiger partial charge in [-0.1, -0.05) is 24.3 Å². The van der Waals surface area contributed by atoms with E-state index >= 15 is 4.39 Å². The molecule has 1 nitrogen and oxygen atoms in total. The molecule has 4 rings (SSSR count). The highest BCUT2D eigenvalue weighted by Gasteiger charge is 2.61. The second-order valence-corrected chi connectivity index (χ2v) is 6.38. The second kappa shape index (κ2) is 3.23. The van der Waals surface area contributed by atoms with Gasteiger partial charge < -0.3 is 0 Å². The molecule has 5 unspecified atom stereocenters. The Morgan fingerprint density at radius 1 is 1.22 bits per heavy atom. The highest BCUT2D eigenvalue weighted by molar-refractivity contribution is 6.05. The highest BCUT2D eigenvalue weighted by atomic mass is 19.1. The van der Waals surface area contributed by atoms with Gasteiger partial charge >= 0.3 is 0 Å². The van der Waals surface area contributed by atoms with Crippen LogP contribution in [0.4, 0.5) is 4.39 Å². The molecule has 0 N–H and O–H groups in total. The molecule has 1 aromatic carbocycles. The van der Waals surface area contributed by atoms with E-state index in [0.29, 0.717) is 17.4 Å². The topological polar surface area (TPSA) is 17.1 Å². The summed E-state index contributed by atoms with van der Waals surface area (Å²) in [6, 6.07) is 7.68. The number of fused-ring (bicyclic) bond motifs is 7. The summed E-state index contributed by atoms with van der Waals surface area (Å²) in [4.78, 5) is 12.4. The molecule has 2 fully saturated rings. The molecule has 0 amide bonds. The van der Waals surface area contributed by atoms with Crippen molar-refractivity contribution in [2.24, 2.45) is 17.8 Å². The zero-order chi connectivity index (χ0) is 12.5. The van der Waals surface area contributed by atoms with Crippen molar-refractivity contribution in [2.45, 2.75) is 37.8 Å². The average molecular weight is 244 g/mol. The van der Waals surface area contributed by atoms with Gasteiger partial charge in [-0.15, -0.1) is 0 Å². The van der Waals surface area contributed by atoms with Gasteiger partial charge in [-0.2, -0.15) is 0 Å². The van der Waals surface area contributed by atoms with Crippen molar-refractivity contribution in [1.29, 1.82) is 0 Å². The first-order valence-electron chi connectivity index (χ1n) is 6.93. The maximum absolute atomic E-state index is 15.0. The third-order valence-corrected chi connectivity index (χ3v) is 5.55. The molecule has 2 bridgehead atoms. The van der Waals surface area contributed by atoms with Crippen LogP contribution in [-0.2, 0) is 0 Å². The quantitative estimate of drug-likeness (QED) is 0.679. The molecular weight excluding hydrogens is 227 g/mol. The number of hydrogen-bond acceptors (Lipinski definition) is 1. The van der Waals surface area contributed by atoms with E-state index in [4.69, 9.17) is 0 Å². The van der Waals surface area contributed by atoms with Crippen LogP contribution in [0, 0.1) is 17.8 Å². The molecule has 3 aliphatic carbocycles. The molecule has 0 heterocycles. The Kier molecular flexibility index (Phi) is 1.92. The Morgan fingerprint density at radius 2 is 1.94 bits per heavy atom. The van der Waals surface area contributed by atoms with Crippen molar-refractivity contribution in [3.05, 3.63) is 35.4 Å². The van der Waals surface area contributed by atoms with Gasteiger partial charge in [0, 0.05) is 11.5 Å². The number of ketones is 1. The minimum atomic E-state index is -1.65. The van der Waals surface area contributed by atoms with Crippen LogP contribution in [-0.4, -0.2) is 11.5 Å². The Labute approximate surface area is 106 Å². The van der Waals surface area contributed by atoms with Crippen LogP contribution in [0.2, 0.25) is 0 Å². The average Bonchev–Trinajstić information content (AvgIpc) is 2.97. The van der Waals surface area contributed by atoms with Gasteiger partial charge in [0.05, 0.1) is 0 Å². The third kappa shape index (κ3) is 1.10. The van der Waals surface area contributed by atoms with E-state index in [2.05, 4.69) is 0 Å². The van der Waals surface area contributed by atoms with Gasteiger partial charge in [0.1, 0.15) is 0 Å². The normalized spacial score (nSPS) is 44.9. The summed E-state index contributed by atoms with van der Waals surface area (Å²) < 4.78 is 15.0. The standard InChI is InChI=1S/C16H17FO/c1-16(17)14-10-7-6-9(8-10)13(14)11-4-2-3-5-12(11)15(16)18/h2-5,9-10,13-14H,6-8H2,1H3. The minimum Gasteiger partial charge on any atom is -0.291 e. The van der Waals surface area contributed by atoms with Crippen LogP contribution >= 0.6 is 0 Å². The molecular formula is C16H17FO. The summed E-state index contributed by atoms with van der Waals surface area (Å²) in [5.41, 5.74) is 0.102. The summed E-state index contributed by atoms with van der Waals surface area (Å²) in [7, 11) is 0. The molecule has 94 valence electrons. The van der Waals surface area contributed by atoms with Crippen LogP contribution in [0.5, 0.6) is 0 Å². The smallest absolute Gasteiger partial charge is 0.200 e. The molecule has 2 saturated carbocycles. The van der Waals surface area contributed by atoms with Crippen LogP contribution in [0.1, 0.15) is 48.0 Å². The fraction of sp³-hybridized carbons (Fsp3) is 0.562. The zero-order valence-corrected chi connectivity index (χ0v) is 10.5. The van der Waals surface area contributed by atoms with Crippen molar-refractivity contribution in [3.8, 4) is 0 Å². The van der Waals surface area contributed by atoms with Gasteiger partial charge in [-0.25, -0.2) is 4.39 Å². The molecule has 2 heteroatoms. The maximum atomic E-state index is 15.0. The van der Waals surface area contributed by atoms with E-state index in [1.807, 2.05) is 18.2 Å². The first-order chi connectivity index (χ1) is 8.60. The molecule has 1 aromatic rings. The fourth-order valence-electron chi connectivity index (χ4n) is 4.93. The summed E-state index contributed by atoms with van der Waals surface area (Å²) in [6.07, 6.45) is 3.45. The van der Waals surface area contributed by atoms with Gasteiger partial charge in [-0.3, -0.25) is 4.79 Å². The lowest BCUT2D eigenvalue weighted by atomic mass is 9.62. The maximum Gasteiger partial charge on any atom is 0.200 e. The lowest BCUT2D eigenvalue weighted by molar-refractivity contribution is 0.0310. The van der Waals surface area contributed by atoms with Crippen molar-refractivity contribution in [2.75, 3.05) is 0 Å². The minimum absolute atomic E-state index is 0.0707. The first-order valence-corrected chi connectivity index (χ1v) is 6.93. The van der Waals surface area contributed by atoms with Crippen molar-refractivity contribution < 1.29 is 9.18 Å². The van der Waals surface area contributed by atoms with E-state index < -0.39 is 5.67 Å². The summed E-state index contributed by atoms with van der Waals surface area (Å²) in [5, 5.41) is 0. The van der Waals surface area contributed by atoms with Crippen molar-refractivity contribution in [1.82, 2.24) is 0 Å². The molecule has 18 heavy (non-hydrogen) atoms. The van der Waals surface area contributed by atoms with E-state index in [-0.39, 0.29) is 17.6 Å². The third-order valence-electron chi connectivity index (χ3n) is 5.55. The van der Waals surface area contributed by atoms with Gasteiger partial charge in [0.2, 0.25) is 0 Å². The highest BCUT2D eigenvalue weighted by Crippen LogP contribution is 2.63. The summed E-state index contributed by atoms with van der Waals surface area (Å²) in [6.45, 7) is 1.52. The Bertz CT molecular complexity index is 534. The SMILES string of the molecule is CC1(F)C(=O)c2ccccc2C2C3CCC(C3)C21. The molecule has 0 spiro atoms. The predicted molar refractivity (Wildman–Crippen MR) is 67.3 cm³/mol. The molecule has 0 aliphatic heterocycles. The Balaban J connectivity index is 1.96. The van der Waals surface area contributed by atoms with E-state index in [9.17, 15) is 4.79 Å². The van der Waals surface area contributed by atoms with Crippen LogP contribution < -0.4 is 0 Å². The van der Waals surface area contributed by atoms with E-state index in [1.165, 1.54) is 13.3 Å². The predicted octanol–water partition coefficient (Wildman–Crippen LogP) is 3.74. The number of rotatable bonds is 0. The number of benzene rings is 1. The Hall–Kier alpha value is -1.18. The van der Waals surface area contributed by atoms with Crippen molar-refractivity contribution >= 4 is 5.78 Å². The number of halogens is 1. The van der Waals surface area contributed by atoms with Gasteiger partial charge in [0.25, 0.3) is 0 Å². The van der Waals surface area contributed by atoms with E-state index in [0.717, 1.165) is 18.4 Å². The van der Waals surface area contributed by atoms with Crippen LogP contribution in [0.15, 0.2) is 24.3 Å². The number of Topliss-reactive ketones (excluding diaryl/α,β-unsaturated/α-hetero) is 1. The number of carbonyl (C=O) groups excluding carboxylic acids is 1. The zero-order valence-electron chi connectivity index (χ0n) is 10.5. The molecule has 0 radical (unpaired) electrons. The number of alkyl halides is 1. The van der Waals surface area contributed by atoms with Gasteiger partial charge in [-0.05, 0) is 49.5 Å². The summed E-state index contributed by atoms with van der Waals surface area (Å²) in [5.74, 6) is 0.954. The molecule has 0 aromatic heterocycles. The monoisotopic (exact) mass is 244 g/mol. The lowest BCUT2D eigenvalue weighted by Crippen LogP contribution is -2.48. The number of hydrogen-bond donors (Lipinski definition) is 0. The Morgan fingerprint density at radius 3 is 2.78 bits per heavy atom. The molecule has 5 atom stereocenters. The van der Waals surface area contributed by atoms with Crippen molar-refractivity contribution in [3.63, 3.8) is 0 Å². The van der Waals surface area contributed by atoms with Crippen LogP contribution in [0.25, 0.3) is 0 Å². The largest absolute Gasteiger partial charge is 0.291 e. The van der Waals surface area contributed by atoms with Gasteiger partial charge in [0.15, 0.2) is 11.5 Å². The second-order valence-electron chi connectivity index (χ2n) is 6.38. The fourth-order valence-corrected chi connectivity index (χ4v) is 4.93. The molecule has 0 saturated heterocycles. The first kappa shape index (κ1) is 10.7.